The molecule has 0 bridgehead atoms. The zero-order chi connectivity index (χ0) is 22.8. The van der Waals surface area contributed by atoms with Crippen molar-refractivity contribution in [3.8, 4) is 0 Å². The lowest BCUT2D eigenvalue weighted by atomic mass is 10.1. The van der Waals surface area contributed by atoms with E-state index in [-0.39, 0.29) is 23.9 Å². The first-order valence-corrected chi connectivity index (χ1v) is 11.9. The molecule has 1 unspecified atom stereocenters. The van der Waals surface area contributed by atoms with Gasteiger partial charge in [0.2, 0.25) is 11.8 Å². The number of carbonyl (C=O) groups is 2. The molecular weight excluding hydrogens is 424 g/mol. The van der Waals surface area contributed by atoms with Crippen LogP contribution in [-0.2, 0) is 23.7 Å². The number of anilines is 2. The highest BCUT2D eigenvalue weighted by Crippen LogP contribution is 2.33. The molecule has 1 fully saturated rings. The van der Waals surface area contributed by atoms with Gasteiger partial charge in [-0.15, -0.1) is 11.8 Å². The summed E-state index contributed by atoms with van der Waals surface area (Å²) in [4.78, 5) is 40.7. The Kier molecular flexibility index (Phi) is 6.41. The lowest BCUT2D eigenvalue weighted by Gasteiger charge is -2.17. The molecule has 8 heteroatoms. The highest BCUT2D eigenvalue weighted by molar-refractivity contribution is 7.99. The Hall–Kier alpha value is -3.00. The van der Waals surface area contributed by atoms with Crippen molar-refractivity contribution in [3.63, 3.8) is 0 Å². The molecule has 1 aliphatic heterocycles. The smallest absolute Gasteiger partial charge is 0.325 e. The summed E-state index contributed by atoms with van der Waals surface area (Å²) in [5, 5.41) is 3.06. The number of nitrogens with one attached hydrogen (secondary N) is 1. The molecule has 4 rings (SSSR count). The third-order valence-electron chi connectivity index (χ3n) is 5.95. The second-order valence-electron chi connectivity index (χ2n) is 8.17. The van der Waals surface area contributed by atoms with Crippen molar-refractivity contribution in [3.05, 3.63) is 52.9 Å². The first-order valence-electron chi connectivity index (χ1n) is 10.9. The predicted molar refractivity (Wildman–Crippen MR) is 129 cm³/mol. The van der Waals surface area contributed by atoms with E-state index in [4.69, 9.17) is 0 Å². The first-order chi connectivity index (χ1) is 15.4. The average molecular weight is 453 g/mol. The number of para-hydroxylation sites is 1. The molecule has 0 spiro atoms. The number of hydrogen-bond acceptors (Lipinski definition) is 4. The van der Waals surface area contributed by atoms with Gasteiger partial charge < -0.3 is 10.2 Å². The van der Waals surface area contributed by atoms with E-state index in [1.807, 2.05) is 42.5 Å². The Bertz CT molecular complexity index is 1220. The second kappa shape index (κ2) is 9.24. The quantitative estimate of drug-likeness (QED) is 0.437. The van der Waals surface area contributed by atoms with Crippen LogP contribution in [0.3, 0.4) is 0 Å². The van der Waals surface area contributed by atoms with Gasteiger partial charge in [0.1, 0.15) is 0 Å². The Labute approximate surface area is 191 Å². The van der Waals surface area contributed by atoms with Crippen LogP contribution in [0.5, 0.6) is 0 Å². The first kappa shape index (κ1) is 22.2. The number of aromatic nitrogens is 2. The molecule has 2 aromatic carbocycles. The highest BCUT2D eigenvalue weighted by atomic mass is 32.2. The number of imidazole rings is 1. The van der Waals surface area contributed by atoms with Crippen molar-refractivity contribution in [2.24, 2.45) is 20.0 Å². The number of fused-ring (bicyclic) bond motifs is 1. The lowest BCUT2D eigenvalue weighted by Crippen LogP contribution is -2.28. The fraction of sp³-hybridized carbons (Fsp3) is 0.375. The summed E-state index contributed by atoms with van der Waals surface area (Å²) < 4.78 is 3.21. The molecule has 2 heterocycles. The lowest BCUT2D eigenvalue weighted by molar-refractivity contribution is -0.122. The standard InChI is InChI=1S/C24H28N4O3S/c1-4-5-11-32-21-14-20-19(26(2)24(31)27(20)3)13-18(21)25-23(30)16-12-22(29)28(15-16)17-9-7-6-8-10-17/h6-10,13-14,16H,4-5,11-12,15H2,1-3H3,(H,25,30). The highest BCUT2D eigenvalue weighted by Gasteiger charge is 2.35. The van der Waals surface area contributed by atoms with E-state index < -0.39 is 5.92 Å². The predicted octanol–water partition coefficient (Wildman–Crippen LogP) is 3.76. The Morgan fingerprint density at radius 1 is 1.09 bits per heavy atom. The molecule has 3 aromatic rings. The van der Waals surface area contributed by atoms with Gasteiger partial charge in [0.25, 0.3) is 0 Å². The van der Waals surface area contributed by atoms with Gasteiger partial charge in [0.15, 0.2) is 0 Å². The number of hydrogen-bond donors (Lipinski definition) is 1. The molecule has 1 N–H and O–H groups in total. The summed E-state index contributed by atoms with van der Waals surface area (Å²) in [5.41, 5.74) is 2.99. The minimum absolute atomic E-state index is 0.0465. The number of amides is 2. The summed E-state index contributed by atoms with van der Waals surface area (Å²) in [5.74, 6) is 0.283. The van der Waals surface area contributed by atoms with Gasteiger partial charge in [-0.25, -0.2) is 4.79 Å². The molecule has 1 atom stereocenters. The molecule has 2 amide bonds. The minimum atomic E-state index is -0.425. The molecule has 168 valence electrons. The van der Waals surface area contributed by atoms with Crippen LogP contribution in [0.4, 0.5) is 11.4 Å². The monoisotopic (exact) mass is 452 g/mol. The van der Waals surface area contributed by atoms with E-state index in [0.717, 1.165) is 40.2 Å². The van der Waals surface area contributed by atoms with Gasteiger partial charge in [0.05, 0.1) is 22.6 Å². The number of unbranched alkanes of at least 4 members (excludes halogenated alkanes) is 1. The van der Waals surface area contributed by atoms with Crippen molar-refractivity contribution in [1.29, 1.82) is 0 Å². The average Bonchev–Trinajstić information content (AvgIpc) is 3.28. The summed E-state index contributed by atoms with van der Waals surface area (Å²) in [6.45, 7) is 2.50. The maximum atomic E-state index is 13.1. The summed E-state index contributed by atoms with van der Waals surface area (Å²) in [6, 6.07) is 13.3. The van der Waals surface area contributed by atoms with E-state index in [2.05, 4.69) is 12.2 Å². The molecule has 1 aliphatic rings. The molecule has 0 radical (unpaired) electrons. The molecule has 0 aliphatic carbocycles. The summed E-state index contributed by atoms with van der Waals surface area (Å²) in [7, 11) is 3.49. The van der Waals surface area contributed by atoms with Crippen molar-refractivity contribution in [2.75, 3.05) is 22.5 Å². The van der Waals surface area contributed by atoms with E-state index >= 15 is 0 Å². The fourth-order valence-electron chi connectivity index (χ4n) is 4.05. The van der Waals surface area contributed by atoms with Gasteiger partial charge in [0, 0.05) is 37.6 Å². The fourth-order valence-corrected chi connectivity index (χ4v) is 5.16. The molecule has 1 saturated heterocycles. The Morgan fingerprint density at radius 2 is 1.78 bits per heavy atom. The zero-order valence-electron chi connectivity index (χ0n) is 18.6. The van der Waals surface area contributed by atoms with Crippen LogP contribution in [0.25, 0.3) is 11.0 Å². The number of rotatable bonds is 7. The maximum Gasteiger partial charge on any atom is 0.328 e. The van der Waals surface area contributed by atoms with E-state index in [1.165, 1.54) is 0 Å². The molecule has 0 saturated carbocycles. The van der Waals surface area contributed by atoms with Gasteiger partial charge in [-0.05, 0) is 36.4 Å². The van der Waals surface area contributed by atoms with E-state index in [0.29, 0.717) is 12.2 Å². The third kappa shape index (κ3) is 4.19. The Morgan fingerprint density at radius 3 is 2.47 bits per heavy atom. The van der Waals surface area contributed by atoms with Gasteiger partial charge in [-0.1, -0.05) is 31.5 Å². The largest absolute Gasteiger partial charge is 0.328 e. The van der Waals surface area contributed by atoms with Gasteiger partial charge in [-0.2, -0.15) is 0 Å². The number of benzene rings is 2. The topological polar surface area (TPSA) is 76.3 Å². The maximum absolute atomic E-state index is 13.1. The van der Waals surface area contributed by atoms with Crippen LogP contribution in [-0.4, -0.2) is 33.2 Å². The van der Waals surface area contributed by atoms with Crippen molar-refractivity contribution in [1.82, 2.24) is 9.13 Å². The molecular formula is C24H28N4O3S. The molecule has 1 aromatic heterocycles. The molecule has 32 heavy (non-hydrogen) atoms. The Balaban J connectivity index is 1.60. The van der Waals surface area contributed by atoms with Crippen LogP contribution < -0.4 is 15.9 Å². The van der Waals surface area contributed by atoms with Crippen LogP contribution in [0.15, 0.2) is 52.2 Å². The van der Waals surface area contributed by atoms with Gasteiger partial charge >= 0.3 is 5.69 Å². The van der Waals surface area contributed by atoms with Crippen molar-refractivity contribution >= 4 is 46.0 Å². The van der Waals surface area contributed by atoms with Crippen LogP contribution in [0, 0.1) is 5.92 Å². The van der Waals surface area contributed by atoms with E-state index in [1.54, 1.807) is 39.9 Å². The number of thioether (sulfide) groups is 1. The van der Waals surface area contributed by atoms with Crippen LogP contribution in [0.2, 0.25) is 0 Å². The van der Waals surface area contributed by atoms with Crippen molar-refractivity contribution in [2.45, 2.75) is 31.1 Å². The SMILES string of the molecule is CCCCSc1cc2c(cc1NC(=O)C1CC(=O)N(c3ccccc3)C1)n(C)c(=O)n2C. The summed E-state index contributed by atoms with van der Waals surface area (Å²) >= 11 is 1.68. The van der Waals surface area contributed by atoms with Crippen LogP contribution >= 0.6 is 11.8 Å². The van der Waals surface area contributed by atoms with Crippen molar-refractivity contribution < 1.29 is 9.59 Å². The van der Waals surface area contributed by atoms with Crippen LogP contribution in [0.1, 0.15) is 26.2 Å². The van der Waals surface area contributed by atoms with E-state index in [9.17, 15) is 14.4 Å². The number of aryl methyl sites for hydroxylation is 2. The zero-order valence-corrected chi connectivity index (χ0v) is 19.4. The minimum Gasteiger partial charge on any atom is -0.325 e. The number of carbonyl (C=O) groups excluding carboxylic acids is 2. The second-order valence-corrected chi connectivity index (χ2v) is 9.31. The number of nitrogens with zero attached hydrogens (tertiary/aromatic N) is 3. The summed E-state index contributed by atoms with van der Waals surface area (Å²) in [6.07, 6.45) is 2.33. The molecule has 7 nitrogen and oxygen atoms in total. The third-order valence-corrected chi connectivity index (χ3v) is 7.09. The van der Waals surface area contributed by atoms with Gasteiger partial charge in [-0.3, -0.25) is 18.7 Å². The normalized spacial score (nSPS) is 16.2.